The van der Waals surface area contributed by atoms with E-state index < -0.39 is 17.7 Å². The van der Waals surface area contributed by atoms with E-state index in [4.69, 9.17) is 5.73 Å². The molecule has 0 aliphatic rings. The molecule has 0 spiro atoms. The first kappa shape index (κ1) is 15.6. The lowest BCUT2D eigenvalue weighted by molar-refractivity contribution is -0.140. The third-order valence-electron chi connectivity index (χ3n) is 2.48. The summed E-state index contributed by atoms with van der Waals surface area (Å²) in [6, 6.07) is 0. The van der Waals surface area contributed by atoms with Gasteiger partial charge in [-0.3, -0.25) is 19.7 Å². The van der Waals surface area contributed by atoms with Gasteiger partial charge in [-0.1, -0.05) is 45.4 Å². The molecule has 0 atom stereocenters. The first-order valence-electron chi connectivity index (χ1n) is 6.21. The van der Waals surface area contributed by atoms with Gasteiger partial charge >= 0.3 is 11.8 Å². The molecular weight excluding hydrogens is 220 g/mol. The van der Waals surface area contributed by atoms with Gasteiger partial charge in [-0.25, -0.2) is 0 Å². The molecule has 0 saturated carbocycles. The van der Waals surface area contributed by atoms with Crippen LogP contribution in [-0.2, 0) is 14.4 Å². The van der Waals surface area contributed by atoms with E-state index in [1.165, 1.54) is 25.7 Å². The molecule has 0 aromatic rings. The zero-order valence-corrected chi connectivity index (χ0v) is 10.5. The zero-order valence-electron chi connectivity index (χ0n) is 10.5. The SMILES string of the molecule is CCCCCCCCCC(=O)NC(=O)C(N)=O. The lowest BCUT2D eigenvalue weighted by Gasteiger charge is -2.02. The van der Waals surface area contributed by atoms with Crippen LogP contribution in [0.25, 0.3) is 0 Å². The largest absolute Gasteiger partial charge is 0.361 e. The monoisotopic (exact) mass is 242 g/mol. The van der Waals surface area contributed by atoms with Gasteiger partial charge < -0.3 is 5.73 Å². The average molecular weight is 242 g/mol. The van der Waals surface area contributed by atoms with Crippen molar-refractivity contribution >= 4 is 17.7 Å². The Morgan fingerprint density at radius 2 is 1.47 bits per heavy atom. The number of nitrogens with one attached hydrogen (secondary N) is 1. The topological polar surface area (TPSA) is 89.3 Å². The van der Waals surface area contributed by atoms with Crippen molar-refractivity contribution in [1.29, 1.82) is 0 Å². The molecule has 17 heavy (non-hydrogen) atoms. The minimum atomic E-state index is -1.13. The van der Waals surface area contributed by atoms with Crippen molar-refractivity contribution in [3.63, 3.8) is 0 Å². The van der Waals surface area contributed by atoms with Crippen molar-refractivity contribution in [2.24, 2.45) is 5.73 Å². The Bertz CT molecular complexity index is 264. The number of primary amides is 1. The predicted molar refractivity (Wildman–Crippen MR) is 65.0 cm³/mol. The summed E-state index contributed by atoms with van der Waals surface area (Å²) in [6.07, 6.45) is 8.00. The molecule has 0 heterocycles. The molecule has 5 nitrogen and oxygen atoms in total. The highest BCUT2D eigenvalue weighted by molar-refractivity contribution is 6.37. The summed E-state index contributed by atoms with van der Waals surface area (Å²) in [5.74, 6) is -2.58. The smallest absolute Gasteiger partial charge is 0.315 e. The Hall–Kier alpha value is -1.39. The molecule has 0 aromatic heterocycles. The predicted octanol–water partition coefficient (Wildman–Crippen LogP) is 1.26. The van der Waals surface area contributed by atoms with Crippen LogP contribution in [0.5, 0.6) is 0 Å². The van der Waals surface area contributed by atoms with Crippen LogP contribution in [0, 0.1) is 0 Å². The van der Waals surface area contributed by atoms with E-state index in [-0.39, 0.29) is 6.42 Å². The Morgan fingerprint density at radius 3 is 2.00 bits per heavy atom. The molecule has 0 unspecified atom stereocenters. The van der Waals surface area contributed by atoms with Gasteiger partial charge in [-0.05, 0) is 6.42 Å². The molecule has 0 fully saturated rings. The minimum absolute atomic E-state index is 0.271. The summed E-state index contributed by atoms with van der Waals surface area (Å²) >= 11 is 0. The van der Waals surface area contributed by atoms with Gasteiger partial charge in [0, 0.05) is 6.42 Å². The normalized spacial score (nSPS) is 9.94. The first-order valence-corrected chi connectivity index (χ1v) is 6.21. The Labute approximate surface area is 102 Å². The number of hydrogen-bond donors (Lipinski definition) is 2. The van der Waals surface area contributed by atoms with E-state index in [2.05, 4.69) is 6.92 Å². The third-order valence-corrected chi connectivity index (χ3v) is 2.48. The second kappa shape index (κ2) is 9.81. The fourth-order valence-electron chi connectivity index (χ4n) is 1.49. The summed E-state index contributed by atoms with van der Waals surface area (Å²) in [4.78, 5) is 32.3. The number of hydrogen-bond acceptors (Lipinski definition) is 3. The number of amides is 3. The van der Waals surface area contributed by atoms with Crippen molar-refractivity contribution in [1.82, 2.24) is 5.32 Å². The van der Waals surface area contributed by atoms with Crippen LogP contribution in [0.3, 0.4) is 0 Å². The Morgan fingerprint density at radius 1 is 0.941 bits per heavy atom. The fourth-order valence-corrected chi connectivity index (χ4v) is 1.49. The summed E-state index contributed by atoms with van der Waals surface area (Å²) in [5.41, 5.74) is 4.70. The van der Waals surface area contributed by atoms with E-state index in [0.29, 0.717) is 0 Å². The van der Waals surface area contributed by atoms with Gasteiger partial charge in [0.1, 0.15) is 0 Å². The van der Waals surface area contributed by atoms with Crippen LogP contribution in [0.2, 0.25) is 0 Å². The molecule has 0 bridgehead atoms. The molecular formula is C12H22N2O3. The van der Waals surface area contributed by atoms with Crippen molar-refractivity contribution < 1.29 is 14.4 Å². The summed E-state index contributed by atoms with van der Waals surface area (Å²) < 4.78 is 0. The molecule has 0 aromatic carbocycles. The maximum atomic E-state index is 11.2. The van der Waals surface area contributed by atoms with Gasteiger partial charge in [-0.2, -0.15) is 0 Å². The summed E-state index contributed by atoms with van der Waals surface area (Å²) in [6.45, 7) is 2.17. The number of carbonyl (C=O) groups excluding carboxylic acids is 3. The van der Waals surface area contributed by atoms with E-state index in [9.17, 15) is 14.4 Å². The van der Waals surface area contributed by atoms with Crippen molar-refractivity contribution in [3.8, 4) is 0 Å². The summed E-state index contributed by atoms with van der Waals surface area (Å²) in [7, 11) is 0. The highest BCUT2D eigenvalue weighted by Crippen LogP contribution is 2.08. The number of imide groups is 1. The average Bonchev–Trinajstić information content (AvgIpc) is 2.27. The van der Waals surface area contributed by atoms with Crippen molar-refractivity contribution in [2.45, 2.75) is 58.3 Å². The van der Waals surface area contributed by atoms with E-state index in [0.717, 1.165) is 19.3 Å². The second-order valence-corrected chi connectivity index (χ2v) is 4.11. The number of rotatable bonds is 8. The van der Waals surface area contributed by atoms with E-state index in [1.54, 1.807) is 0 Å². The van der Waals surface area contributed by atoms with Crippen molar-refractivity contribution in [2.75, 3.05) is 0 Å². The van der Waals surface area contributed by atoms with E-state index >= 15 is 0 Å². The maximum Gasteiger partial charge on any atom is 0.315 e. The number of unbranched alkanes of at least 4 members (excludes halogenated alkanes) is 6. The standard InChI is InChI=1S/C12H22N2O3/c1-2-3-4-5-6-7-8-9-10(15)14-12(17)11(13)16/h2-9H2,1H3,(H2,13,16)(H,14,15,17). The van der Waals surface area contributed by atoms with Crippen LogP contribution in [-0.4, -0.2) is 17.7 Å². The molecule has 3 N–H and O–H groups in total. The molecule has 0 radical (unpaired) electrons. The third kappa shape index (κ3) is 9.53. The Balaban J connectivity index is 3.39. The molecule has 0 aliphatic carbocycles. The molecule has 0 rings (SSSR count). The Kier molecular flexibility index (Phi) is 9.01. The van der Waals surface area contributed by atoms with Crippen molar-refractivity contribution in [3.05, 3.63) is 0 Å². The van der Waals surface area contributed by atoms with Gasteiger partial charge in [-0.15, -0.1) is 0 Å². The lowest BCUT2D eigenvalue weighted by atomic mass is 10.1. The lowest BCUT2D eigenvalue weighted by Crippen LogP contribution is -2.39. The molecule has 98 valence electrons. The highest BCUT2D eigenvalue weighted by atomic mass is 16.2. The highest BCUT2D eigenvalue weighted by Gasteiger charge is 2.11. The van der Waals surface area contributed by atoms with Gasteiger partial charge in [0.15, 0.2) is 0 Å². The van der Waals surface area contributed by atoms with Gasteiger partial charge in [0.25, 0.3) is 0 Å². The number of carbonyl (C=O) groups is 3. The zero-order chi connectivity index (χ0) is 13.1. The molecule has 0 saturated heterocycles. The minimum Gasteiger partial charge on any atom is -0.361 e. The van der Waals surface area contributed by atoms with Crippen LogP contribution >= 0.6 is 0 Å². The number of nitrogens with two attached hydrogens (primary N) is 1. The molecule has 0 aliphatic heterocycles. The van der Waals surface area contributed by atoms with Gasteiger partial charge in [0.2, 0.25) is 5.91 Å². The van der Waals surface area contributed by atoms with Crippen LogP contribution in [0.1, 0.15) is 58.3 Å². The van der Waals surface area contributed by atoms with Crippen LogP contribution < -0.4 is 11.1 Å². The van der Waals surface area contributed by atoms with Crippen LogP contribution in [0.15, 0.2) is 0 Å². The molecule has 3 amide bonds. The fraction of sp³-hybridized carbons (Fsp3) is 0.750. The second-order valence-electron chi connectivity index (χ2n) is 4.11. The summed E-state index contributed by atoms with van der Waals surface area (Å²) in [5, 5.41) is 1.94. The van der Waals surface area contributed by atoms with E-state index in [1.807, 2.05) is 5.32 Å². The maximum absolute atomic E-state index is 11.2. The van der Waals surface area contributed by atoms with Gasteiger partial charge in [0.05, 0.1) is 0 Å². The molecule has 5 heteroatoms. The quantitative estimate of drug-likeness (QED) is 0.496. The van der Waals surface area contributed by atoms with Crippen LogP contribution in [0.4, 0.5) is 0 Å². The first-order chi connectivity index (χ1) is 8.07.